The minimum atomic E-state index is -3.54. The Labute approximate surface area is 110 Å². The fourth-order valence-corrected chi connectivity index (χ4v) is 3.12. The maximum Gasteiger partial charge on any atom is 0.258 e. The number of aromatic amines is 1. The number of hydrogen-bond acceptors (Lipinski definition) is 5. The van der Waals surface area contributed by atoms with E-state index >= 15 is 0 Å². The van der Waals surface area contributed by atoms with E-state index in [1.807, 2.05) is 13.8 Å². The van der Waals surface area contributed by atoms with E-state index in [1.54, 1.807) is 6.20 Å². The van der Waals surface area contributed by atoms with Gasteiger partial charge in [-0.15, -0.1) is 11.3 Å². The monoisotopic (exact) mass is 286 g/mol. The third kappa shape index (κ3) is 2.95. The van der Waals surface area contributed by atoms with E-state index in [0.717, 1.165) is 9.88 Å². The van der Waals surface area contributed by atoms with Crippen molar-refractivity contribution in [3.05, 3.63) is 28.1 Å². The zero-order valence-corrected chi connectivity index (χ0v) is 11.7. The van der Waals surface area contributed by atoms with Crippen LogP contribution >= 0.6 is 11.3 Å². The Hall–Kier alpha value is -1.25. The molecule has 0 atom stereocenters. The molecule has 0 aliphatic carbocycles. The molecule has 0 aliphatic heterocycles. The van der Waals surface area contributed by atoms with Gasteiger partial charge in [0.1, 0.15) is 10.8 Å². The number of H-pyrrole nitrogens is 1. The summed E-state index contributed by atoms with van der Waals surface area (Å²) in [5.41, 5.74) is 0. The Morgan fingerprint density at radius 3 is 2.72 bits per heavy atom. The molecule has 0 aliphatic rings. The van der Waals surface area contributed by atoms with E-state index < -0.39 is 10.0 Å². The Bertz CT molecular complexity index is 630. The number of imidazole rings is 1. The van der Waals surface area contributed by atoms with Crippen LogP contribution in [0.5, 0.6) is 0 Å². The first kappa shape index (κ1) is 13.2. The van der Waals surface area contributed by atoms with Crippen LogP contribution in [0, 0.1) is 6.92 Å². The maximum atomic E-state index is 11.9. The van der Waals surface area contributed by atoms with Crippen LogP contribution in [0.25, 0.3) is 0 Å². The molecule has 0 spiro atoms. The number of hydrogen-bond donors (Lipinski definition) is 2. The number of aromatic nitrogens is 3. The molecule has 0 saturated carbocycles. The van der Waals surface area contributed by atoms with Crippen molar-refractivity contribution in [2.24, 2.45) is 0 Å². The standard InChI is InChI=1S/C10H14N4O2S2/c1-3-8-11-6-10(14-8)18(15,16)13-5-9-12-4-7(2)17-9/h4,6,13H,3,5H2,1-2H3,(H,11,14). The van der Waals surface area contributed by atoms with Crippen LogP contribution in [0.1, 0.15) is 22.6 Å². The Morgan fingerprint density at radius 1 is 1.39 bits per heavy atom. The third-order valence-corrected chi connectivity index (χ3v) is 4.54. The minimum Gasteiger partial charge on any atom is -0.332 e. The van der Waals surface area contributed by atoms with E-state index in [4.69, 9.17) is 0 Å². The summed E-state index contributed by atoms with van der Waals surface area (Å²) in [4.78, 5) is 11.9. The fraction of sp³-hybridized carbons (Fsp3) is 0.400. The molecule has 0 radical (unpaired) electrons. The zero-order valence-electron chi connectivity index (χ0n) is 10.1. The average molecular weight is 286 g/mol. The number of aryl methyl sites for hydroxylation is 2. The van der Waals surface area contributed by atoms with Crippen molar-refractivity contribution in [3.8, 4) is 0 Å². The lowest BCUT2D eigenvalue weighted by Gasteiger charge is -2.01. The largest absolute Gasteiger partial charge is 0.332 e. The second kappa shape index (κ2) is 5.17. The van der Waals surface area contributed by atoms with Gasteiger partial charge in [-0.2, -0.15) is 0 Å². The van der Waals surface area contributed by atoms with Gasteiger partial charge in [0, 0.05) is 17.5 Å². The van der Waals surface area contributed by atoms with Crippen molar-refractivity contribution < 1.29 is 8.42 Å². The Balaban J connectivity index is 2.07. The lowest BCUT2D eigenvalue weighted by molar-refractivity contribution is 0.577. The van der Waals surface area contributed by atoms with E-state index in [-0.39, 0.29) is 11.6 Å². The molecule has 8 heteroatoms. The van der Waals surface area contributed by atoms with Crippen molar-refractivity contribution >= 4 is 21.4 Å². The number of nitrogens with zero attached hydrogens (tertiary/aromatic N) is 2. The topological polar surface area (TPSA) is 87.7 Å². The molecule has 2 aromatic heterocycles. The van der Waals surface area contributed by atoms with Gasteiger partial charge >= 0.3 is 0 Å². The Kier molecular flexibility index (Phi) is 3.79. The van der Waals surface area contributed by atoms with Crippen LogP contribution in [-0.4, -0.2) is 23.4 Å². The van der Waals surface area contributed by atoms with Gasteiger partial charge in [-0.1, -0.05) is 6.92 Å². The molecule has 6 nitrogen and oxygen atoms in total. The van der Waals surface area contributed by atoms with Crippen molar-refractivity contribution in [2.45, 2.75) is 31.8 Å². The summed E-state index contributed by atoms with van der Waals surface area (Å²) >= 11 is 1.47. The van der Waals surface area contributed by atoms with E-state index in [0.29, 0.717) is 12.2 Å². The fourth-order valence-electron chi connectivity index (χ4n) is 1.38. The number of sulfonamides is 1. The van der Waals surface area contributed by atoms with Crippen molar-refractivity contribution in [3.63, 3.8) is 0 Å². The van der Waals surface area contributed by atoms with Gasteiger partial charge in [-0.3, -0.25) is 0 Å². The Morgan fingerprint density at radius 2 is 2.17 bits per heavy atom. The molecule has 0 aromatic carbocycles. The molecule has 0 fully saturated rings. The van der Waals surface area contributed by atoms with Crippen LogP contribution < -0.4 is 4.72 Å². The number of rotatable bonds is 5. The second-order valence-corrected chi connectivity index (χ2v) is 6.79. The predicted molar refractivity (Wildman–Crippen MR) is 68.8 cm³/mol. The van der Waals surface area contributed by atoms with Crippen molar-refractivity contribution in [1.29, 1.82) is 0 Å². The zero-order chi connectivity index (χ0) is 13.2. The summed E-state index contributed by atoms with van der Waals surface area (Å²) in [6.45, 7) is 4.03. The summed E-state index contributed by atoms with van der Waals surface area (Å²) in [5.74, 6) is 0.653. The summed E-state index contributed by atoms with van der Waals surface area (Å²) < 4.78 is 26.4. The van der Waals surface area contributed by atoms with Gasteiger partial charge < -0.3 is 4.98 Å². The first-order valence-corrected chi connectivity index (χ1v) is 7.76. The SMILES string of the molecule is CCc1ncc(S(=O)(=O)NCc2ncc(C)s2)[nH]1. The van der Waals surface area contributed by atoms with E-state index in [2.05, 4.69) is 19.7 Å². The molecule has 98 valence electrons. The van der Waals surface area contributed by atoms with Crippen LogP contribution in [-0.2, 0) is 23.0 Å². The second-order valence-electron chi connectivity index (χ2n) is 3.74. The maximum absolute atomic E-state index is 11.9. The summed E-state index contributed by atoms with van der Waals surface area (Å²) in [6, 6.07) is 0. The molecule has 2 N–H and O–H groups in total. The summed E-state index contributed by atoms with van der Waals surface area (Å²) in [6.07, 6.45) is 3.72. The average Bonchev–Trinajstić information content (AvgIpc) is 2.95. The molecule has 2 rings (SSSR count). The molecular formula is C10H14N4O2S2. The van der Waals surface area contributed by atoms with Gasteiger partial charge in [-0.25, -0.2) is 23.1 Å². The molecule has 2 heterocycles. The molecule has 0 bridgehead atoms. The van der Waals surface area contributed by atoms with Crippen molar-refractivity contribution in [2.75, 3.05) is 0 Å². The predicted octanol–water partition coefficient (Wildman–Crippen LogP) is 1.22. The smallest absolute Gasteiger partial charge is 0.258 e. The van der Waals surface area contributed by atoms with E-state index in [1.165, 1.54) is 17.5 Å². The first-order valence-electron chi connectivity index (χ1n) is 5.46. The van der Waals surface area contributed by atoms with Gasteiger partial charge in [0.2, 0.25) is 0 Å². The quantitative estimate of drug-likeness (QED) is 0.865. The van der Waals surface area contributed by atoms with Crippen molar-refractivity contribution in [1.82, 2.24) is 19.7 Å². The third-order valence-electron chi connectivity index (χ3n) is 2.31. The molecular weight excluding hydrogens is 272 g/mol. The highest BCUT2D eigenvalue weighted by atomic mass is 32.2. The molecule has 0 unspecified atom stereocenters. The summed E-state index contributed by atoms with van der Waals surface area (Å²) in [5, 5.41) is 0.832. The normalized spacial score (nSPS) is 11.9. The highest BCUT2D eigenvalue weighted by molar-refractivity contribution is 7.89. The van der Waals surface area contributed by atoms with E-state index in [9.17, 15) is 8.42 Å². The van der Waals surface area contributed by atoms with Crippen LogP contribution in [0.3, 0.4) is 0 Å². The molecule has 2 aromatic rings. The molecule has 0 saturated heterocycles. The molecule has 18 heavy (non-hydrogen) atoms. The van der Waals surface area contributed by atoms with Crippen LogP contribution in [0.15, 0.2) is 17.4 Å². The minimum absolute atomic E-state index is 0.0904. The van der Waals surface area contributed by atoms with Gasteiger partial charge in [-0.05, 0) is 6.92 Å². The van der Waals surface area contributed by atoms with Gasteiger partial charge in [0.05, 0.1) is 12.7 Å². The lowest BCUT2D eigenvalue weighted by atomic mass is 10.5. The summed E-state index contributed by atoms with van der Waals surface area (Å²) in [7, 11) is -3.54. The van der Waals surface area contributed by atoms with Crippen LogP contribution in [0.4, 0.5) is 0 Å². The number of thiazole rings is 1. The first-order chi connectivity index (χ1) is 8.51. The van der Waals surface area contributed by atoms with Gasteiger partial charge in [0.25, 0.3) is 10.0 Å². The van der Waals surface area contributed by atoms with Gasteiger partial charge in [0.15, 0.2) is 5.03 Å². The highest BCUT2D eigenvalue weighted by Gasteiger charge is 2.17. The highest BCUT2D eigenvalue weighted by Crippen LogP contribution is 2.12. The van der Waals surface area contributed by atoms with Crippen LogP contribution in [0.2, 0.25) is 0 Å². The molecule has 0 amide bonds. The number of nitrogens with one attached hydrogen (secondary N) is 2. The lowest BCUT2D eigenvalue weighted by Crippen LogP contribution is -2.23.